The van der Waals surface area contributed by atoms with Crippen molar-refractivity contribution in [1.29, 1.82) is 0 Å². The molecule has 0 fully saturated rings. The van der Waals surface area contributed by atoms with Crippen molar-refractivity contribution in [2.45, 2.75) is 62.8 Å². The molecule has 4 nitrogen and oxygen atoms in total. The van der Waals surface area contributed by atoms with E-state index < -0.39 is 47.3 Å². The van der Waals surface area contributed by atoms with Crippen molar-refractivity contribution in [3.05, 3.63) is 138 Å². The highest BCUT2D eigenvalue weighted by Crippen LogP contribution is 2.41. The third-order valence-corrected chi connectivity index (χ3v) is 12.4. The van der Waals surface area contributed by atoms with E-state index in [9.17, 15) is 39.5 Å². The molecule has 6 rings (SSSR count). The molecule has 2 N–H and O–H groups in total. The van der Waals surface area contributed by atoms with Gasteiger partial charge in [-0.25, -0.2) is 0 Å². The molecule has 3 unspecified atom stereocenters. The van der Waals surface area contributed by atoms with Crippen molar-refractivity contribution in [1.82, 2.24) is 10.6 Å². The Morgan fingerprint density at radius 1 is 0.684 bits per heavy atom. The summed E-state index contributed by atoms with van der Waals surface area (Å²) in [5.41, 5.74) is -0.728. The van der Waals surface area contributed by atoms with E-state index in [4.69, 9.17) is 39.8 Å². The normalized spacial score (nSPS) is 17.3. The molecule has 3 atom stereocenters. The maximum atomic E-state index is 13.8. The summed E-state index contributed by atoms with van der Waals surface area (Å²) in [6.07, 6.45) is -14.2. The quantitative estimate of drug-likeness (QED) is 0.156. The van der Waals surface area contributed by atoms with Gasteiger partial charge in [0.25, 0.3) is 0 Å². The Balaban J connectivity index is 1.25. The maximum Gasteiger partial charge on any atom is 0.417 e. The molecule has 18 heteroatoms. The fraction of sp³-hybridized carbons (Fsp3) is 0.333. The summed E-state index contributed by atoms with van der Waals surface area (Å²) in [6, 6.07) is 14.0. The third-order valence-electron chi connectivity index (χ3n) is 9.15. The molecule has 4 aromatic carbocycles. The minimum absolute atomic E-state index is 0.0805. The number of aryl methyl sites for hydroxylation is 1. The van der Waals surface area contributed by atoms with Crippen molar-refractivity contribution in [2.75, 3.05) is 18.1 Å². The van der Waals surface area contributed by atoms with Crippen LogP contribution in [0.2, 0.25) is 15.1 Å². The highest BCUT2D eigenvalue weighted by Gasteiger charge is 2.38. The lowest BCUT2D eigenvalue weighted by Gasteiger charge is -2.23. The van der Waals surface area contributed by atoms with Gasteiger partial charge < -0.3 is 10.6 Å². The van der Waals surface area contributed by atoms with Gasteiger partial charge in [-0.05, 0) is 84.3 Å². The van der Waals surface area contributed by atoms with Crippen LogP contribution in [0.3, 0.4) is 0 Å². The number of amidine groups is 2. The van der Waals surface area contributed by atoms with E-state index in [1.807, 2.05) is 25.1 Å². The highest BCUT2D eigenvalue weighted by atomic mass is 35.5. The minimum Gasteiger partial charge on any atom is -0.358 e. The second-order valence-corrected chi connectivity index (χ2v) is 16.8. The summed E-state index contributed by atoms with van der Waals surface area (Å²) in [6.45, 7) is 2.49. The first kappa shape index (κ1) is 43.3. The molecule has 4 aromatic rings. The standard InChI is InChI=1S/C39H32Cl3F9N4S2/c1-20-10-21(12-22(11-20)16-31(54-35-52-8-9-56-35)27-4-2-6-29(33(27)41)39(49,50)51)15-26-19-57-36(53-26)55-32(28-5-3-7-30(40)34(28)42)17-23-13-24(37(43,44)45)18-25(14-23)38(46,47)48/h2-7,10-14,18,26,31-32H,8-9,15-17,19H2,1H3,(H,52,54)(H,53,55). The lowest BCUT2D eigenvalue weighted by Crippen LogP contribution is -2.28. The van der Waals surface area contributed by atoms with Gasteiger partial charge in [0.1, 0.15) is 0 Å². The summed E-state index contributed by atoms with van der Waals surface area (Å²) in [4.78, 5) is 9.24. The highest BCUT2D eigenvalue weighted by molar-refractivity contribution is 8.14. The predicted molar refractivity (Wildman–Crippen MR) is 212 cm³/mol. The Morgan fingerprint density at radius 3 is 1.86 bits per heavy atom. The molecule has 0 spiro atoms. The molecule has 0 bridgehead atoms. The van der Waals surface area contributed by atoms with Gasteiger partial charge in [0.05, 0.1) is 56.4 Å². The second-order valence-electron chi connectivity index (χ2n) is 13.5. The van der Waals surface area contributed by atoms with Crippen molar-refractivity contribution < 1.29 is 39.5 Å². The average molecular weight is 898 g/mol. The van der Waals surface area contributed by atoms with Gasteiger partial charge in [-0.1, -0.05) is 106 Å². The van der Waals surface area contributed by atoms with E-state index >= 15 is 0 Å². The zero-order valence-corrected chi connectivity index (χ0v) is 33.6. The third kappa shape index (κ3) is 11.1. The van der Waals surface area contributed by atoms with E-state index in [2.05, 4.69) is 15.6 Å². The molecule has 2 aliphatic rings. The van der Waals surface area contributed by atoms with Crippen molar-refractivity contribution in [3.63, 3.8) is 0 Å². The number of alkyl halides is 9. The van der Waals surface area contributed by atoms with Crippen LogP contribution in [0, 0.1) is 6.92 Å². The van der Waals surface area contributed by atoms with Crippen molar-refractivity contribution in [3.8, 4) is 0 Å². The summed E-state index contributed by atoms with van der Waals surface area (Å²) in [5, 5.41) is 7.37. The van der Waals surface area contributed by atoms with Crippen LogP contribution in [-0.2, 0) is 37.8 Å². The summed E-state index contributed by atoms with van der Waals surface area (Å²) < 4.78 is 124. The van der Waals surface area contributed by atoms with E-state index in [1.165, 1.54) is 35.7 Å². The van der Waals surface area contributed by atoms with Crippen LogP contribution < -0.4 is 10.6 Å². The maximum absolute atomic E-state index is 13.8. The summed E-state index contributed by atoms with van der Waals surface area (Å²) in [5.74, 6) is 1.25. The van der Waals surface area contributed by atoms with E-state index in [0.717, 1.165) is 28.5 Å². The molecule has 0 aromatic heterocycles. The SMILES string of the molecule is Cc1cc(CC2CSC(NC(Cc3cc(C(F)(F)F)cc(C(F)(F)F)c3)c3cccc(Cl)c3Cl)=N2)cc(CC(NC2=NCCS2)c2cccc(C(F)(F)F)c2Cl)c1. The molecule has 304 valence electrons. The fourth-order valence-electron chi connectivity index (χ4n) is 6.69. The lowest BCUT2D eigenvalue weighted by molar-refractivity contribution is -0.143. The largest absolute Gasteiger partial charge is 0.417 e. The van der Waals surface area contributed by atoms with Crippen LogP contribution in [0.5, 0.6) is 0 Å². The van der Waals surface area contributed by atoms with Crippen molar-refractivity contribution >= 4 is 68.7 Å². The van der Waals surface area contributed by atoms with E-state index in [0.29, 0.717) is 53.2 Å². The van der Waals surface area contributed by atoms with E-state index in [1.54, 1.807) is 18.2 Å². The fourth-order valence-corrected chi connectivity index (χ4v) is 9.27. The van der Waals surface area contributed by atoms with Crippen molar-refractivity contribution in [2.24, 2.45) is 9.98 Å². The molecular formula is C39H32Cl3F9N4S2. The van der Waals surface area contributed by atoms with Gasteiger partial charge in [0.2, 0.25) is 0 Å². The Labute approximate surface area is 346 Å². The van der Waals surface area contributed by atoms with Gasteiger partial charge in [0, 0.05) is 11.5 Å². The number of nitrogens with one attached hydrogen (secondary N) is 2. The molecule has 0 amide bonds. The van der Waals surface area contributed by atoms with Gasteiger partial charge >= 0.3 is 18.5 Å². The summed E-state index contributed by atoms with van der Waals surface area (Å²) in [7, 11) is 0. The van der Waals surface area contributed by atoms with Crippen LogP contribution in [0.15, 0.2) is 82.8 Å². The number of aliphatic imine (C=N–C) groups is 2. The molecule has 57 heavy (non-hydrogen) atoms. The molecule has 0 saturated heterocycles. The topological polar surface area (TPSA) is 48.8 Å². The summed E-state index contributed by atoms with van der Waals surface area (Å²) >= 11 is 22.0. The van der Waals surface area contributed by atoms with Gasteiger partial charge in [-0.2, -0.15) is 39.5 Å². The monoisotopic (exact) mass is 896 g/mol. The number of benzene rings is 4. The minimum atomic E-state index is -5.02. The van der Waals surface area contributed by atoms with Gasteiger partial charge in [-0.15, -0.1) is 0 Å². The molecule has 0 radical (unpaired) electrons. The Morgan fingerprint density at radius 2 is 1.26 bits per heavy atom. The van der Waals surface area contributed by atoms with Crippen LogP contribution in [0.25, 0.3) is 0 Å². The van der Waals surface area contributed by atoms with E-state index in [-0.39, 0.29) is 44.7 Å². The van der Waals surface area contributed by atoms with Gasteiger partial charge in [-0.3, -0.25) is 9.98 Å². The van der Waals surface area contributed by atoms with Crippen LogP contribution >= 0.6 is 58.3 Å². The van der Waals surface area contributed by atoms with Crippen LogP contribution in [0.4, 0.5) is 39.5 Å². The molecule has 2 heterocycles. The zero-order chi connectivity index (χ0) is 41.3. The predicted octanol–water partition coefficient (Wildman–Crippen LogP) is 12.6. The molecular weight excluding hydrogens is 866 g/mol. The Bertz CT molecular complexity index is 2140. The smallest absolute Gasteiger partial charge is 0.358 e. The first-order chi connectivity index (χ1) is 26.7. The first-order valence-corrected chi connectivity index (χ1v) is 20.4. The molecule has 0 saturated carbocycles. The number of nitrogens with zero attached hydrogens (tertiary/aromatic N) is 2. The number of halogens is 12. The zero-order valence-electron chi connectivity index (χ0n) is 29.6. The van der Waals surface area contributed by atoms with Crippen LogP contribution in [-0.4, -0.2) is 34.4 Å². The number of hydrogen-bond acceptors (Lipinski definition) is 6. The lowest BCUT2D eigenvalue weighted by atomic mass is 9.94. The molecule has 2 aliphatic heterocycles. The number of thioether (sulfide) groups is 2. The number of rotatable bonds is 10. The van der Waals surface area contributed by atoms with Gasteiger partial charge in [0.15, 0.2) is 10.3 Å². The second kappa shape index (κ2) is 17.5. The average Bonchev–Trinajstić information content (AvgIpc) is 3.79. The Hall–Kier alpha value is -3.24. The number of hydrogen-bond donors (Lipinski definition) is 2. The Kier molecular flexibility index (Phi) is 13.3. The first-order valence-electron chi connectivity index (χ1n) is 17.3. The molecule has 0 aliphatic carbocycles. The van der Waals surface area contributed by atoms with Crippen LogP contribution in [0.1, 0.15) is 62.2 Å².